The van der Waals surface area contributed by atoms with E-state index in [1.54, 1.807) is 31.4 Å². The van der Waals surface area contributed by atoms with Crippen molar-refractivity contribution in [2.75, 3.05) is 5.73 Å². The minimum atomic E-state index is -0.322. The van der Waals surface area contributed by atoms with Gasteiger partial charge in [0.05, 0.1) is 10.7 Å². The maximum absolute atomic E-state index is 13.7. The zero-order valence-corrected chi connectivity index (χ0v) is 9.62. The molecule has 78 valence electrons. The van der Waals surface area contributed by atoms with Crippen LogP contribution in [-0.2, 0) is 7.05 Å². The summed E-state index contributed by atoms with van der Waals surface area (Å²) >= 11 is 3.13. The lowest BCUT2D eigenvalue weighted by Gasteiger charge is -2.03. The van der Waals surface area contributed by atoms with Gasteiger partial charge >= 0.3 is 0 Å². The minimum Gasteiger partial charge on any atom is -0.383 e. The molecule has 2 aromatic rings. The predicted molar refractivity (Wildman–Crippen MR) is 60.7 cm³/mol. The molecule has 0 aliphatic heterocycles. The Labute approximate surface area is 94.8 Å². The van der Waals surface area contributed by atoms with Gasteiger partial charge in [0.15, 0.2) is 0 Å². The van der Waals surface area contributed by atoms with Crippen LogP contribution in [0.15, 0.2) is 28.9 Å². The number of nitrogens with two attached hydrogens (primary N) is 1. The molecule has 3 nitrogen and oxygen atoms in total. The van der Waals surface area contributed by atoms with Crippen LogP contribution in [0.4, 0.5) is 10.2 Å². The molecule has 0 radical (unpaired) electrons. The van der Waals surface area contributed by atoms with Gasteiger partial charge in [0.2, 0.25) is 0 Å². The summed E-state index contributed by atoms with van der Waals surface area (Å²) in [5, 5.41) is 3.97. The summed E-state index contributed by atoms with van der Waals surface area (Å²) in [6.07, 6.45) is 1.56. The van der Waals surface area contributed by atoms with E-state index in [1.165, 1.54) is 4.68 Å². The fourth-order valence-corrected chi connectivity index (χ4v) is 1.73. The van der Waals surface area contributed by atoms with Gasteiger partial charge in [-0.1, -0.05) is 12.1 Å². The molecule has 0 spiro atoms. The fraction of sp³-hybridized carbons (Fsp3) is 0.100. The van der Waals surface area contributed by atoms with Gasteiger partial charge < -0.3 is 5.73 Å². The second kappa shape index (κ2) is 3.66. The maximum atomic E-state index is 13.7. The average molecular weight is 270 g/mol. The molecule has 0 amide bonds. The third-order valence-electron chi connectivity index (χ3n) is 2.23. The van der Waals surface area contributed by atoms with Gasteiger partial charge in [-0.2, -0.15) is 5.10 Å². The topological polar surface area (TPSA) is 43.8 Å². The molecule has 0 aliphatic rings. The predicted octanol–water partition coefficient (Wildman–Crippen LogP) is 2.57. The SMILES string of the molecule is Cn1ncc(-c2cccc(Br)c2F)c1N. The molecule has 1 aromatic heterocycles. The Morgan fingerprint density at radius 3 is 2.73 bits per heavy atom. The Balaban J connectivity index is 2.64. The van der Waals surface area contributed by atoms with Gasteiger partial charge in [-0.15, -0.1) is 0 Å². The van der Waals surface area contributed by atoms with E-state index in [9.17, 15) is 4.39 Å². The monoisotopic (exact) mass is 269 g/mol. The number of aryl methyl sites for hydroxylation is 1. The second-order valence-corrected chi connectivity index (χ2v) is 4.02. The number of rotatable bonds is 1. The van der Waals surface area contributed by atoms with E-state index in [-0.39, 0.29) is 5.82 Å². The molecule has 0 bridgehead atoms. The van der Waals surface area contributed by atoms with Crippen molar-refractivity contribution in [1.29, 1.82) is 0 Å². The number of halogens is 2. The van der Waals surface area contributed by atoms with Gasteiger partial charge in [-0.3, -0.25) is 4.68 Å². The third kappa shape index (κ3) is 1.63. The molecule has 5 heteroatoms. The van der Waals surface area contributed by atoms with Crippen molar-refractivity contribution >= 4 is 21.7 Å². The van der Waals surface area contributed by atoms with Crippen molar-refractivity contribution in [2.45, 2.75) is 0 Å². The Hall–Kier alpha value is -1.36. The van der Waals surface area contributed by atoms with Crippen molar-refractivity contribution in [3.05, 3.63) is 34.7 Å². The van der Waals surface area contributed by atoms with Crippen LogP contribution in [-0.4, -0.2) is 9.78 Å². The molecule has 0 atom stereocenters. The lowest BCUT2D eigenvalue weighted by molar-refractivity contribution is 0.625. The number of nitrogen functional groups attached to an aromatic ring is 1. The lowest BCUT2D eigenvalue weighted by Crippen LogP contribution is -1.98. The van der Waals surface area contributed by atoms with E-state index in [1.807, 2.05) is 0 Å². The smallest absolute Gasteiger partial charge is 0.145 e. The van der Waals surface area contributed by atoms with Crippen LogP contribution < -0.4 is 5.73 Å². The quantitative estimate of drug-likeness (QED) is 0.865. The van der Waals surface area contributed by atoms with Crippen LogP contribution >= 0.6 is 15.9 Å². The van der Waals surface area contributed by atoms with Crippen LogP contribution in [0.25, 0.3) is 11.1 Å². The highest BCUT2D eigenvalue weighted by molar-refractivity contribution is 9.10. The van der Waals surface area contributed by atoms with Crippen LogP contribution in [0.1, 0.15) is 0 Å². The molecule has 15 heavy (non-hydrogen) atoms. The highest BCUT2D eigenvalue weighted by atomic mass is 79.9. The van der Waals surface area contributed by atoms with E-state index in [0.717, 1.165) is 0 Å². The molecule has 0 unspecified atom stereocenters. The number of benzene rings is 1. The summed E-state index contributed by atoms with van der Waals surface area (Å²) < 4.78 is 15.7. The first kappa shape index (κ1) is 10.2. The molecule has 0 fully saturated rings. The Kier molecular flexibility index (Phi) is 2.48. The summed E-state index contributed by atoms with van der Waals surface area (Å²) in [6.45, 7) is 0. The van der Waals surface area contributed by atoms with Crippen molar-refractivity contribution in [3.8, 4) is 11.1 Å². The highest BCUT2D eigenvalue weighted by Gasteiger charge is 2.13. The van der Waals surface area contributed by atoms with Crippen LogP contribution in [0.5, 0.6) is 0 Å². The number of hydrogen-bond acceptors (Lipinski definition) is 2. The van der Waals surface area contributed by atoms with E-state index in [2.05, 4.69) is 21.0 Å². The number of anilines is 1. The van der Waals surface area contributed by atoms with Crippen molar-refractivity contribution in [2.24, 2.45) is 7.05 Å². The molecule has 0 saturated carbocycles. The zero-order valence-electron chi connectivity index (χ0n) is 8.04. The first-order valence-electron chi connectivity index (χ1n) is 4.33. The summed E-state index contributed by atoms with van der Waals surface area (Å²) in [5.41, 5.74) is 6.83. The lowest BCUT2D eigenvalue weighted by atomic mass is 10.1. The summed E-state index contributed by atoms with van der Waals surface area (Å²) in [6, 6.07) is 5.08. The van der Waals surface area contributed by atoms with Crippen LogP contribution in [0.3, 0.4) is 0 Å². The zero-order chi connectivity index (χ0) is 11.0. The highest BCUT2D eigenvalue weighted by Crippen LogP contribution is 2.30. The van der Waals surface area contributed by atoms with Gasteiger partial charge in [-0.25, -0.2) is 4.39 Å². The summed E-state index contributed by atoms with van der Waals surface area (Å²) in [4.78, 5) is 0. The largest absolute Gasteiger partial charge is 0.383 e. The first-order chi connectivity index (χ1) is 7.11. The minimum absolute atomic E-state index is 0.322. The van der Waals surface area contributed by atoms with Gasteiger partial charge in [0, 0.05) is 18.2 Å². The fourth-order valence-electron chi connectivity index (χ4n) is 1.37. The van der Waals surface area contributed by atoms with Crippen LogP contribution in [0.2, 0.25) is 0 Å². The molecular formula is C10H9BrFN3. The Morgan fingerprint density at radius 2 is 2.13 bits per heavy atom. The van der Waals surface area contributed by atoms with Crippen molar-refractivity contribution < 1.29 is 4.39 Å². The molecule has 2 N–H and O–H groups in total. The summed E-state index contributed by atoms with van der Waals surface area (Å²) in [7, 11) is 1.72. The van der Waals surface area contributed by atoms with E-state index in [4.69, 9.17) is 5.73 Å². The number of aromatic nitrogens is 2. The average Bonchev–Trinajstić information content (AvgIpc) is 2.53. The van der Waals surface area contributed by atoms with Gasteiger partial charge in [0.25, 0.3) is 0 Å². The molecule has 0 aliphatic carbocycles. The normalized spacial score (nSPS) is 10.6. The summed E-state index contributed by atoms with van der Waals surface area (Å²) in [5.74, 6) is 0.129. The second-order valence-electron chi connectivity index (χ2n) is 3.17. The number of hydrogen-bond donors (Lipinski definition) is 1. The van der Waals surface area contributed by atoms with E-state index < -0.39 is 0 Å². The molecule has 1 heterocycles. The third-order valence-corrected chi connectivity index (χ3v) is 2.84. The Bertz CT molecular complexity index is 507. The van der Waals surface area contributed by atoms with Crippen LogP contribution in [0, 0.1) is 5.82 Å². The molecule has 0 saturated heterocycles. The number of nitrogens with zero attached hydrogens (tertiary/aromatic N) is 2. The first-order valence-corrected chi connectivity index (χ1v) is 5.12. The molecular weight excluding hydrogens is 261 g/mol. The van der Waals surface area contributed by atoms with E-state index in [0.29, 0.717) is 21.4 Å². The van der Waals surface area contributed by atoms with Gasteiger partial charge in [-0.05, 0) is 22.0 Å². The molecule has 1 aromatic carbocycles. The Morgan fingerprint density at radius 1 is 1.40 bits per heavy atom. The van der Waals surface area contributed by atoms with Crippen molar-refractivity contribution in [1.82, 2.24) is 9.78 Å². The standard InChI is InChI=1S/C10H9BrFN3/c1-15-10(13)7(5-14-15)6-3-2-4-8(11)9(6)12/h2-5H,13H2,1H3. The van der Waals surface area contributed by atoms with Gasteiger partial charge in [0.1, 0.15) is 11.6 Å². The maximum Gasteiger partial charge on any atom is 0.145 e. The molecule has 2 rings (SSSR count). The van der Waals surface area contributed by atoms with Crippen molar-refractivity contribution in [3.63, 3.8) is 0 Å². The van der Waals surface area contributed by atoms with E-state index >= 15 is 0 Å².